The van der Waals surface area contributed by atoms with Gasteiger partial charge in [-0.1, -0.05) is 35.8 Å². The number of hydrogen-bond donors (Lipinski definition) is 0. The Balaban J connectivity index is 1.39. The maximum atomic E-state index is 13.3. The number of aromatic nitrogens is 2. The van der Waals surface area contributed by atoms with E-state index in [0.29, 0.717) is 23.3 Å². The predicted octanol–water partition coefficient (Wildman–Crippen LogP) is 6.47. The largest absolute Gasteiger partial charge is 0.488 e. The molecule has 36 heavy (non-hydrogen) atoms. The average Bonchev–Trinajstić information content (AvgIpc) is 3.35. The van der Waals surface area contributed by atoms with E-state index in [1.54, 1.807) is 12.3 Å². The summed E-state index contributed by atoms with van der Waals surface area (Å²) < 4.78 is 20.0. The molecule has 0 spiro atoms. The molecule has 0 N–H and O–H groups in total. The second-order valence-electron chi connectivity index (χ2n) is 8.47. The lowest BCUT2D eigenvalue weighted by Crippen LogP contribution is -2.23. The first-order valence-corrected chi connectivity index (χ1v) is 13.4. The van der Waals surface area contributed by atoms with Crippen LogP contribution in [0.4, 0.5) is 0 Å². The topological polar surface area (TPSA) is 74.9 Å². The van der Waals surface area contributed by atoms with Crippen molar-refractivity contribution in [3.05, 3.63) is 89.9 Å². The molecule has 0 bridgehead atoms. The van der Waals surface area contributed by atoms with E-state index in [1.807, 2.05) is 55.5 Å². The van der Waals surface area contributed by atoms with Crippen LogP contribution < -0.4 is 19.8 Å². The van der Waals surface area contributed by atoms with Crippen molar-refractivity contribution in [1.82, 2.24) is 9.66 Å². The maximum Gasteiger partial charge on any atom is 0.282 e. The van der Waals surface area contributed by atoms with E-state index in [9.17, 15) is 4.79 Å². The van der Waals surface area contributed by atoms with Crippen molar-refractivity contribution in [2.24, 2.45) is 5.10 Å². The number of halogens is 2. The highest BCUT2D eigenvalue weighted by molar-refractivity contribution is 14.1. The zero-order valence-corrected chi connectivity index (χ0v) is 23.4. The zero-order valence-electron chi connectivity index (χ0n) is 19.7. The summed E-state index contributed by atoms with van der Waals surface area (Å²) in [5, 5.41) is 5.08. The molecule has 3 aromatic carbocycles. The standard InChI is InChI=1S/C27H23BrIN3O4/c1-3-16(2)26-31-22-7-6-19(28)12-20(22)27(33)32(26)30-13-17-4-8-23(21(29)10-17)34-14-18-5-9-24-25(11-18)36-15-35-24/h4-13,16H,3,14-15H2,1-2H3/t16-/m0/s1. The summed E-state index contributed by atoms with van der Waals surface area (Å²) in [4.78, 5) is 18.1. The zero-order chi connectivity index (χ0) is 25.2. The van der Waals surface area contributed by atoms with Crippen molar-refractivity contribution in [1.29, 1.82) is 0 Å². The Morgan fingerprint density at radius 2 is 2.00 bits per heavy atom. The van der Waals surface area contributed by atoms with Gasteiger partial charge < -0.3 is 14.2 Å². The van der Waals surface area contributed by atoms with E-state index < -0.39 is 0 Å². The molecule has 9 heteroatoms. The Morgan fingerprint density at radius 3 is 2.81 bits per heavy atom. The molecule has 1 aliphatic rings. The summed E-state index contributed by atoms with van der Waals surface area (Å²) in [5.41, 5.74) is 2.33. The van der Waals surface area contributed by atoms with Crippen molar-refractivity contribution in [3.63, 3.8) is 0 Å². The van der Waals surface area contributed by atoms with Gasteiger partial charge in [0.15, 0.2) is 11.5 Å². The smallest absolute Gasteiger partial charge is 0.282 e. The normalized spacial score (nSPS) is 13.4. The van der Waals surface area contributed by atoms with E-state index >= 15 is 0 Å². The Labute approximate surface area is 230 Å². The molecule has 184 valence electrons. The van der Waals surface area contributed by atoms with Crippen molar-refractivity contribution < 1.29 is 14.2 Å². The third-order valence-corrected chi connectivity index (χ3v) is 7.33. The van der Waals surface area contributed by atoms with Crippen LogP contribution in [-0.4, -0.2) is 22.7 Å². The van der Waals surface area contributed by atoms with Crippen LogP contribution in [0.1, 0.15) is 43.1 Å². The third-order valence-electron chi connectivity index (χ3n) is 6.00. The quantitative estimate of drug-likeness (QED) is 0.168. The van der Waals surface area contributed by atoms with Gasteiger partial charge in [0.1, 0.15) is 18.2 Å². The second-order valence-corrected chi connectivity index (χ2v) is 10.5. The lowest BCUT2D eigenvalue weighted by Gasteiger charge is -2.14. The minimum atomic E-state index is -0.189. The van der Waals surface area contributed by atoms with Gasteiger partial charge in [-0.2, -0.15) is 9.78 Å². The first kappa shape index (κ1) is 24.8. The minimum Gasteiger partial charge on any atom is -0.488 e. The number of fused-ring (bicyclic) bond motifs is 2. The molecule has 1 atom stereocenters. The van der Waals surface area contributed by atoms with E-state index in [2.05, 4.69) is 50.5 Å². The highest BCUT2D eigenvalue weighted by Gasteiger charge is 2.16. The van der Waals surface area contributed by atoms with Crippen LogP contribution in [-0.2, 0) is 6.61 Å². The van der Waals surface area contributed by atoms with Crippen LogP contribution in [0.25, 0.3) is 10.9 Å². The molecule has 7 nitrogen and oxygen atoms in total. The first-order chi connectivity index (χ1) is 17.4. The SMILES string of the molecule is CC[C@H](C)c1nc2ccc(Br)cc2c(=O)n1N=Cc1ccc(OCc2ccc3c(c2)OCO3)c(I)c1. The number of rotatable bonds is 7. The van der Waals surface area contributed by atoms with Gasteiger partial charge in [-0.05, 0) is 88.7 Å². The Morgan fingerprint density at radius 1 is 1.17 bits per heavy atom. The summed E-state index contributed by atoms with van der Waals surface area (Å²) in [6.45, 7) is 4.78. The van der Waals surface area contributed by atoms with Crippen molar-refractivity contribution in [2.45, 2.75) is 32.8 Å². The van der Waals surface area contributed by atoms with E-state index in [4.69, 9.17) is 19.2 Å². The van der Waals surface area contributed by atoms with Gasteiger partial charge in [-0.3, -0.25) is 4.79 Å². The van der Waals surface area contributed by atoms with Crippen molar-refractivity contribution in [3.8, 4) is 17.2 Å². The highest BCUT2D eigenvalue weighted by Crippen LogP contribution is 2.33. The van der Waals surface area contributed by atoms with Crippen LogP contribution in [0.2, 0.25) is 0 Å². The second kappa shape index (κ2) is 10.6. The van der Waals surface area contributed by atoms with Gasteiger partial charge in [-0.25, -0.2) is 4.98 Å². The van der Waals surface area contributed by atoms with Gasteiger partial charge in [0, 0.05) is 10.4 Å². The molecular weight excluding hydrogens is 637 g/mol. The summed E-state index contributed by atoms with van der Waals surface area (Å²) in [7, 11) is 0. The minimum absolute atomic E-state index is 0.0787. The lowest BCUT2D eigenvalue weighted by molar-refractivity contribution is 0.174. The number of hydrogen-bond acceptors (Lipinski definition) is 6. The molecule has 1 aromatic heterocycles. The molecule has 5 rings (SSSR count). The molecule has 1 aliphatic heterocycles. The fraction of sp³-hybridized carbons (Fsp3) is 0.222. The Hall–Kier alpha value is -2.92. The lowest BCUT2D eigenvalue weighted by atomic mass is 10.1. The number of benzene rings is 3. The molecule has 4 aromatic rings. The van der Waals surface area contributed by atoms with E-state index in [0.717, 1.165) is 42.8 Å². The van der Waals surface area contributed by atoms with Gasteiger partial charge in [0.2, 0.25) is 6.79 Å². The molecular formula is C27H23BrIN3O4. The number of nitrogens with zero attached hydrogens (tertiary/aromatic N) is 3. The highest BCUT2D eigenvalue weighted by atomic mass is 127. The molecule has 0 radical (unpaired) electrons. The van der Waals surface area contributed by atoms with Crippen molar-refractivity contribution in [2.75, 3.05) is 6.79 Å². The molecule has 2 heterocycles. The number of ether oxygens (including phenoxy) is 3. The molecule has 0 fully saturated rings. The molecule has 0 saturated heterocycles. The maximum absolute atomic E-state index is 13.3. The Bertz CT molecular complexity index is 1540. The van der Waals surface area contributed by atoms with Crippen molar-refractivity contribution >= 4 is 55.6 Å². The van der Waals surface area contributed by atoms with Crippen LogP contribution in [0, 0.1) is 3.57 Å². The monoisotopic (exact) mass is 659 g/mol. The molecule has 0 saturated carbocycles. The molecule has 0 aliphatic carbocycles. The van der Waals surface area contributed by atoms with Gasteiger partial charge >= 0.3 is 0 Å². The summed E-state index contributed by atoms with van der Waals surface area (Å²) in [6, 6.07) is 17.1. The summed E-state index contributed by atoms with van der Waals surface area (Å²) >= 11 is 5.68. The third kappa shape index (κ3) is 5.12. The predicted molar refractivity (Wildman–Crippen MR) is 151 cm³/mol. The van der Waals surface area contributed by atoms with Crippen LogP contribution in [0.3, 0.4) is 0 Å². The fourth-order valence-corrected chi connectivity index (χ4v) is 4.87. The Kier molecular flexibility index (Phi) is 7.29. The van der Waals surface area contributed by atoms with Crippen LogP contribution in [0.15, 0.2) is 69.0 Å². The fourth-order valence-electron chi connectivity index (χ4n) is 3.81. The van der Waals surface area contributed by atoms with E-state index in [1.165, 1.54) is 4.68 Å². The van der Waals surface area contributed by atoms with Gasteiger partial charge in [0.25, 0.3) is 5.56 Å². The average molecular weight is 660 g/mol. The summed E-state index contributed by atoms with van der Waals surface area (Å²) in [6.07, 6.45) is 2.53. The summed E-state index contributed by atoms with van der Waals surface area (Å²) in [5.74, 6) is 2.98. The first-order valence-electron chi connectivity index (χ1n) is 11.5. The van der Waals surface area contributed by atoms with Crippen LogP contribution in [0.5, 0.6) is 17.2 Å². The molecule has 0 amide bonds. The van der Waals surface area contributed by atoms with Crippen LogP contribution >= 0.6 is 38.5 Å². The van der Waals surface area contributed by atoms with Gasteiger partial charge in [0.05, 0.1) is 20.7 Å². The van der Waals surface area contributed by atoms with Gasteiger partial charge in [-0.15, -0.1) is 0 Å². The molecule has 0 unspecified atom stereocenters. The van der Waals surface area contributed by atoms with E-state index in [-0.39, 0.29) is 18.3 Å².